The second-order valence-corrected chi connectivity index (χ2v) is 6.61. The molecule has 3 rings (SSSR count). The van der Waals surface area contributed by atoms with Crippen LogP contribution in [-0.2, 0) is 9.59 Å². The maximum absolute atomic E-state index is 12.6. The number of hydrogen-bond acceptors (Lipinski definition) is 3. The van der Waals surface area contributed by atoms with Gasteiger partial charge in [0, 0.05) is 5.69 Å². The van der Waals surface area contributed by atoms with Crippen LogP contribution in [0.5, 0.6) is 5.75 Å². The minimum Gasteiger partial charge on any atom is -0.497 e. The van der Waals surface area contributed by atoms with Crippen molar-refractivity contribution >= 4 is 46.4 Å². The topological polar surface area (TPSA) is 67.4 Å². The Labute approximate surface area is 155 Å². The number of carbonyl (C=O) groups is 2. The van der Waals surface area contributed by atoms with Gasteiger partial charge in [0.2, 0.25) is 11.8 Å². The molecule has 0 unspecified atom stereocenters. The molecule has 1 saturated carbocycles. The molecule has 2 N–H and O–H groups in total. The highest BCUT2D eigenvalue weighted by Gasteiger charge is 2.56. The molecule has 0 radical (unpaired) electrons. The molecule has 0 aromatic heterocycles. The molecule has 0 spiro atoms. The normalized spacial score (nSPS) is 14.5. The lowest BCUT2D eigenvalue weighted by atomic mass is 10.0. The van der Waals surface area contributed by atoms with Gasteiger partial charge in [-0.05, 0) is 49.2 Å². The fourth-order valence-corrected chi connectivity index (χ4v) is 2.80. The Bertz CT molecular complexity index is 818. The van der Waals surface area contributed by atoms with E-state index in [0.717, 1.165) is 0 Å². The van der Waals surface area contributed by atoms with Crippen molar-refractivity contribution in [1.82, 2.24) is 0 Å². The molecule has 1 aliphatic carbocycles. The number of ether oxygens (including phenoxy) is 1. The lowest BCUT2D eigenvalue weighted by molar-refractivity contribution is -0.131. The van der Waals surface area contributed by atoms with Gasteiger partial charge >= 0.3 is 0 Å². The van der Waals surface area contributed by atoms with Crippen LogP contribution in [0.15, 0.2) is 42.5 Å². The molecule has 130 valence electrons. The van der Waals surface area contributed by atoms with Gasteiger partial charge in [-0.1, -0.05) is 29.3 Å². The summed E-state index contributed by atoms with van der Waals surface area (Å²) >= 11 is 12.0. The predicted molar refractivity (Wildman–Crippen MR) is 98.4 cm³/mol. The summed E-state index contributed by atoms with van der Waals surface area (Å²) in [5.74, 6) is -0.0385. The van der Waals surface area contributed by atoms with Gasteiger partial charge in [0.15, 0.2) is 0 Å². The molecule has 0 bridgehead atoms. The number of anilines is 2. The Hall–Kier alpha value is -2.24. The summed E-state index contributed by atoms with van der Waals surface area (Å²) in [7, 11) is 1.57. The molecule has 5 nitrogen and oxygen atoms in total. The van der Waals surface area contributed by atoms with E-state index in [4.69, 9.17) is 27.9 Å². The van der Waals surface area contributed by atoms with Crippen molar-refractivity contribution in [2.45, 2.75) is 12.8 Å². The summed E-state index contributed by atoms with van der Waals surface area (Å²) in [5.41, 5.74) is -0.0840. The fraction of sp³-hybridized carbons (Fsp3) is 0.222. The number of benzene rings is 2. The first-order valence-corrected chi connectivity index (χ1v) is 8.43. The number of hydrogen-bond donors (Lipinski definition) is 2. The number of methoxy groups -OCH3 is 1. The zero-order chi connectivity index (χ0) is 18.0. The van der Waals surface area contributed by atoms with Crippen LogP contribution >= 0.6 is 23.2 Å². The van der Waals surface area contributed by atoms with E-state index in [2.05, 4.69) is 10.6 Å². The highest BCUT2D eigenvalue weighted by atomic mass is 35.5. The second-order valence-electron chi connectivity index (χ2n) is 5.82. The molecule has 7 heteroatoms. The van der Waals surface area contributed by atoms with Gasteiger partial charge in [0.25, 0.3) is 0 Å². The summed E-state index contributed by atoms with van der Waals surface area (Å²) < 4.78 is 5.08. The molecular weight excluding hydrogens is 363 g/mol. The zero-order valence-electron chi connectivity index (χ0n) is 13.4. The van der Waals surface area contributed by atoms with Gasteiger partial charge < -0.3 is 15.4 Å². The van der Waals surface area contributed by atoms with E-state index in [9.17, 15) is 9.59 Å². The molecule has 1 aliphatic rings. The fourth-order valence-electron chi connectivity index (χ4n) is 2.45. The van der Waals surface area contributed by atoms with Crippen molar-refractivity contribution in [2.75, 3.05) is 17.7 Å². The molecule has 0 saturated heterocycles. The average Bonchev–Trinajstić information content (AvgIpc) is 3.41. The van der Waals surface area contributed by atoms with Crippen LogP contribution < -0.4 is 15.4 Å². The molecule has 0 aliphatic heterocycles. The highest BCUT2D eigenvalue weighted by molar-refractivity contribution is 6.44. The lowest BCUT2D eigenvalue weighted by Gasteiger charge is -2.16. The Morgan fingerprint density at radius 3 is 2.24 bits per heavy atom. The Kier molecular flexibility index (Phi) is 4.88. The SMILES string of the molecule is COc1ccc(NC(=O)C2(C(=O)Nc3cccc(Cl)c3Cl)CC2)cc1. The van der Waals surface area contributed by atoms with E-state index in [1.54, 1.807) is 49.6 Å². The molecule has 2 aromatic rings. The molecular formula is C18H16Cl2N2O3. The minimum atomic E-state index is -1.08. The summed E-state index contributed by atoms with van der Waals surface area (Å²) in [4.78, 5) is 25.2. The van der Waals surface area contributed by atoms with E-state index in [-0.39, 0.29) is 16.8 Å². The highest BCUT2D eigenvalue weighted by Crippen LogP contribution is 2.48. The van der Waals surface area contributed by atoms with Crippen molar-refractivity contribution < 1.29 is 14.3 Å². The second kappa shape index (κ2) is 6.94. The third-order valence-corrected chi connectivity index (χ3v) is 4.99. The van der Waals surface area contributed by atoms with Crippen molar-refractivity contribution in [3.63, 3.8) is 0 Å². The van der Waals surface area contributed by atoms with Crippen molar-refractivity contribution in [1.29, 1.82) is 0 Å². The van der Waals surface area contributed by atoms with E-state index in [1.807, 2.05) is 0 Å². The Morgan fingerprint density at radius 2 is 1.64 bits per heavy atom. The van der Waals surface area contributed by atoms with Gasteiger partial charge in [0.1, 0.15) is 11.2 Å². The summed E-state index contributed by atoms with van der Waals surface area (Å²) in [6.07, 6.45) is 0.970. The van der Waals surface area contributed by atoms with Gasteiger partial charge in [0.05, 0.1) is 22.8 Å². The van der Waals surface area contributed by atoms with Crippen LogP contribution in [0.4, 0.5) is 11.4 Å². The van der Waals surface area contributed by atoms with Gasteiger partial charge in [-0.2, -0.15) is 0 Å². The van der Waals surface area contributed by atoms with E-state index in [1.165, 1.54) is 0 Å². The van der Waals surface area contributed by atoms with E-state index >= 15 is 0 Å². The monoisotopic (exact) mass is 378 g/mol. The molecule has 2 aromatic carbocycles. The number of rotatable bonds is 5. The average molecular weight is 379 g/mol. The maximum atomic E-state index is 12.6. The number of carbonyl (C=O) groups excluding carboxylic acids is 2. The van der Waals surface area contributed by atoms with Gasteiger partial charge in [-0.15, -0.1) is 0 Å². The van der Waals surface area contributed by atoms with Crippen LogP contribution in [0.2, 0.25) is 10.0 Å². The predicted octanol–water partition coefficient (Wildman–Crippen LogP) is 4.36. The van der Waals surface area contributed by atoms with Crippen LogP contribution in [0.1, 0.15) is 12.8 Å². The van der Waals surface area contributed by atoms with Gasteiger partial charge in [-0.25, -0.2) is 0 Å². The quantitative estimate of drug-likeness (QED) is 0.759. The maximum Gasteiger partial charge on any atom is 0.240 e. The minimum absolute atomic E-state index is 0.254. The first-order valence-electron chi connectivity index (χ1n) is 7.67. The molecule has 0 atom stereocenters. The van der Waals surface area contributed by atoms with Gasteiger partial charge in [-0.3, -0.25) is 9.59 Å². The van der Waals surface area contributed by atoms with Crippen molar-refractivity contribution in [3.8, 4) is 5.75 Å². The zero-order valence-corrected chi connectivity index (χ0v) is 14.9. The largest absolute Gasteiger partial charge is 0.497 e. The molecule has 1 fully saturated rings. The summed E-state index contributed by atoms with van der Waals surface area (Å²) in [6.45, 7) is 0. The Morgan fingerprint density at radius 1 is 1.00 bits per heavy atom. The third-order valence-electron chi connectivity index (χ3n) is 4.17. The lowest BCUT2D eigenvalue weighted by Crippen LogP contribution is -2.35. The molecule has 25 heavy (non-hydrogen) atoms. The summed E-state index contributed by atoms with van der Waals surface area (Å²) in [6, 6.07) is 11.9. The number of amides is 2. The van der Waals surface area contributed by atoms with Crippen molar-refractivity contribution in [2.24, 2.45) is 5.41 Å². The number of halogens is 2. The van der Waals surface area contributed by atoms with Crippen LogP contribution in [-0.4, -0.2) is 18.9 Å². The summed E-state index contributed by atoms with van der Waals surface area (Å²) in [5, 5.41) is 6.07. The van der Waals surface area contributed by atoms with Crippen LogP contribution in [0.25, 0.3) is 0 Å². The first kappa shape index (κ1) is 17.6. The van der Waals surface area contributed by atoms with Crippen molar-refractivity contribution in [3.05, 3.63) is 52.5 Å². The standard InChI is InChI=1S/C18H16Cl2N2O3/c1-25-12-7-5-11(6-8-12)21-16(23)18(9-10-18)17(24)22-14-4-2-3-13(19)15(14)20/h2-8H,9-10H2,1H3,(H,21,23)(H,22,24). The Balaban J connectivity index is 1.71. The van der Waals surface area contributed by atoms with E-state index < -0.39 is 5.41 Å². The smallest absolute Gasteiger partial charge is 0.240 e. The van der Waals surface area contributed by atoms with E-state index in [0.29, 0.717) is 35.0 Å². The first-order chi connectivity index (χ1) is 12.0. The van der Waals surface area contributed by atoms with Crippen LogP contribution in [0, 0.1) is 5.41 Å². The number of nitrogens with one attached hydrogen (secondary N) is 2. The third kappa shape index (κ3) is 3.57. The van der Waals surface area contributed by atoms with Crippen LogP contribution in [0.3, 0.4) is 0 Å². The molecule has 2 amide bonds. The molecule has 0 heterocycles.